The highest BCUT2D eigenvalue weighted by Crippen LogP contribution is 2.24. The zero-order valence-corrected chi connectivity index (χ0v) is 12.9. The first-order chi connectivity index (χ1) is 9.85. The molecule has 0 aliphatic heterocycles. The van der Waals surface area contributed by atoms with Crippen LogP contribution in [-0.4, -0.2) is 54.6 Å². The summed E-state index contributed by atoms with van der Waals surface area (Å²) in [7, 11) is 3.22. The van der Waals surface area contributed by atoms with E-state index < -0.39 is 5.97 Å². The molecule has 0 radical (unpaired) electrons. The molecule has 1 aliphatic carbocycles. The Hall–Kier alpha value is -1.79. The van der Waals surface area contributed by atoms with Gasteiger partial charge in [0.2, 0.25) is 5.91 Å². The van der Waals surface area contributed by atoms with Gasteiger partial charge in [0.1, 0.15) is 0 Å². The second-order valence-corrected chi connectivity index (χ2v) is 5.73. The van der Waals surface area contributed by atoms with Gasteiger partial charge in [-0.2, -0.15) is 0 Å². The fourth-order valence-electron chi connectivity index (χ4n) is 2.59. The SMILES string of the molecule is CNC(=O)C(C)CN(C)C(=O)NC1CCC(C(=O)O)CC1. The number of nitrogens with zero attached hydrogens (tertiary/aromatic N) is 1. The number of carboxylic acid groups (broad SMARTS) is 1. The van der Waals surface area contributed by atoms with Gasteiger partial charge in [0.05, 0.1) is 11.8 Å². The van der Waals surface area contributed by atoms with Gasteiger partial charge >= 0.3 is 12.0 Å². The van der Waals surface area contributed by atoms with Gasteiger partial charge in [0.25, 0.3) is 0 Å². The van der Waals surface area contributed by atoms with E-state index in [0.717, 1.165) is 0 Å². The van der Waals surface area contributed by atoms with Crippen LogP contribution in [0, 0.1) is 11.8 Å². The smallest absolute Gasteiger partial charge is 0.317 e. The molecule has 1 atom stereocenters. The number of rotatable bonds is 5. The second-order valence-electron chi connectivity index (χ2n) is 5.73. The molecular formula is C14H25N3O4. The predicted octanol–water partition coefficient (Wildman–Crippen LogP) is 0.653. The Bertz CT molecular complexity index is 392. The average Bonchev–Trinajstić information content (AvgIpc) is 2.46. The molecule has 21 heavy (non-hydrogen) atoms. The number of carboxylic acids is 1. The topological polar surface area (TPSA) is 98.7 Å². The molecule has 7 heteroatoms. The number of hydrogen-bond donors (Lipinski definition) is 3. The van der Waals surface area contributed by atoms with Gasteiger partial charge in [-0.3, -0.25) is 9.59 Å². The number of nitrogens with one attached hydrogen (secondary N) is 2. The van der Waals surface area contributed by atoms with Crippen LogP contribution in [0.15, 0.2) is 0 Å². The normalized spacial score (nSPS) is 23.0. The van der Waals surface area contributed by atoms with Gasteiger partial charge in [-0.05, 0) is 25.7 Å². The van der Waals surface area contributed by atoms with E-state index in [2.05, 4.69) is 10.6 Å². The van der Waals surface area contributed by atoms with E-state index in [1.165, 1.54) is 4.90 Å². The van der Waals surface area contributed by atoms with Crippen LogP contribution < -0.4 is 10.6 Å². The molecular weight excluding hydrogens is 274 g/mol. The molecule has 120 valence electrons. The van der Waals surface area contributed by atoms with Crippen LogP contribution in [0.2, 0.25) is 0 Å². The molecule has 0 aromatic carbocycles. The zero-order valence-electron chi connectivity index (χ0n) is 12.9. The van der Waals surface area contributed by atoms with E-state index in [1.807, 2.05) is 0 Å². The number of carbonyl (C=O) groups is 3. The highest BCUT2D eigenvalue weighted by atomic mass is 16.4. The monoisotopic (exact) mass is 299 g/mol. The van der Waals surface area contributed by atoms with E-state index in [4.69, 9.17) is 5.11 Å². The second kappa shape index (κ2) is 7.85. The Morgan fingerprint density at radius 3 is 2.29 bits per heavy atom. The molecule has 0 heterocycles. The maximum absolute atomic E-state index is 12.0. The highest BCUT2D eigenvalue weighted by molar-refractivity contribution is 5.79. The Morgan fingerprint density at radius 1 is 1.24 bits per heavy atom. The zero-order chi connectivity index (χ0) is 16.0. The molecule has 1 aliphatic rings. The molecule has 1 fully saturated rings. The summed E-state index contributed by atoms with van der Waals surface area (Å²) in [5.74, 6) is -1.41. The minimum absolute atomic E-state index is 0.0193. The Kier molecular flexibility index (Phi) is 6.45. The van der Waals surface area contributed by atoms with Crippen LogP contribution in [0.3, 0.4) is 0 Å². The maximum Gasteiger partial charge on any atom is 0.317 e. The Labute approximate surface area is 125 Å². The number of hydrogen-bond acceptors (Lipinski definition) is 3. The lowest BCUT2D eigenvalue weighted by molar-refractivity contribution is -0.142. The summed E-state index contributed by atoms with van der Waals surface area (Å²) in [6.45, 7) is 2.11. The van der Waals surface area contributed by atoms with Crippen molar-refractivity contribution in [2.24, 2.45) is 11.8 Å². The molecule has 0 bridgehead atoms. The third-order valence-electron chi connectivity index (χ3n) is 3.99. The summed E-state index contributed by atoms with van der Waals surface area (Å²) in [4.78, 5) is 35.8. The van der Waals surface area contributed by atoms with Crippen molar-refractivity contribution in [3.8, 4) is 0 Å². The van der Waals surface area contributed by atoms with Crippen molar-refractivity contribution in [3.63, 3.8) is 0 Å². The minimum Gasteiger partial charge on any atom is -0.481 e. The first-order valence-corrected chi connectivity index (χ1v) is 7.31. The van der Waals surface area contributed by atoms with Crippen LogP contribution in [-0.2, 0) is 9.59 Å². The minimum atomic E-state index is -0.753. The summed E-state index contributed by atoms with van der Waals surface area (Å²) in [6, 6.07) is -0.199. The van der Waals surface area contributed by atoms with E-state index in [1.54, 1.807) is 21.0 Å². The van der Waals surface area contributed by atoms with Gasteiger partial charge in [-0.25, -0.2) is 4.79 Å². The molecule has 1 rings (SSSR count). The van der Waals surface area contributed by atoms with Crippen LogP contribution in [0.25, 0.3) is 0 Å². The van der Waals surface area contributed by atoms with Crippen molar-refractivity contribution in [3.05, 3.63) is 0 Å². The first-order valence-electron chi connectivity index (χ1n) is 7.31. The molecule has 0 spiro atoms. The summed E-state index contributed by atoms with van der Waals surface area (Å²) in [5, 5.41) is 14.4. The lowest BCUT2D eigenvalue weighted by Crippen LogP contribution is -2.47. The van der Waals surface area contributed by atoms with Crippen LogP contribution in [0.5, 0.6) is 0 Å². The van der Waals surface area contributed by atoms with Crippen molar-refractivity contribution in [2.75, 3.05) is 20.6 Å². The number of carbonyl (C=O) groups excluding carboxylic acids is 2. The molecule has 1 unspecified atom stereocenters. The summed E-state index contributed by atoms with van der Waals surface area (Å²) in [5.41, 5.74) is 0. The molecule has 3 N–H and O–H groups in total. The summed E-state index contributed by atoms with van der Waals surface area (Å²) < 4.78 is 0. The Morgan fingerprint density at radius 2 is 1.81 bits per heavy atom. The van der Waals surface area contributed by atoms with Gasteiger partial charge < -0.3 is 20.6 Å². The fourth-order valence-corrected chi connectivity index (χ4v) is 2.59. The number of urea groups is 1. The van der Waals surface area contributed by atoms with Crippen molar-refractivity contribution in [1.82, 2.24) is 15.5 Å². The van der Waals surface area contributed by atoms with Gasteiger partial charge in [0.15, 0.2) is 0 Å². The van der Waals surface area contributed by atoms with E-state index in [-0.39, 0.29) is 29.8 Å². The van der Waals surface area contributed by atoms with Crippen molar-refractivity contribution in [2.45, 2.75) is 38.6 Å². The standard InChI is InChI=1S/C14H25N3O4/c1-9(12(18)15-2)8-17(3)14(21)16-11-6-4-10(5-7-11)13(19)20/h9-11H,4-8H2,1-3H3,(H,15,18)(H,16,21)(H,19,20). The number of aliphatic carboxylic acids is 1. The van der Waals surface area contributed by atoms with Crippen LogP contribution in [0.4, 0.5) is 4.79 Å². The third-order valence-corrected chi connectivity index (χ3v) is 3.99. The molecule has 7 nitrogen and oxygen atoms in total. The van der Waals surface area contributed by atoms with Crippen molar-refractivity contribution < 1.29 is 19.5 Å². The van der Waals surface area contributed by atoms with Gasteiger partial charge in [-0.15, -0.1) is 0 Å². The number of amides is 3. The van der Waals surface area contributed by atoms with Crippen molar-refractivity contribution in [1.29, 1.82) is 0 Å². The summed E-state index contributed by atoms with van der Waals surface area (Å²) in [6.07, 6.45) is 2.56. The van der Waals surface area contributed by atoms with Gasteiger partial charge in [-0.1, -0.05) is 6.92 Å². The summed E-state index contributed by atoms with van der Waals surface area (Å²) >= 11 is 0. The maximum atomic E-state index is 12.0. The van der Waals surface area contributed by atoms with E-state index in [0.29, 0.717) is 32.2 Å². The van der Waals surface area contributed by atoms with Crippen molar-refractivity contribution >= 4 is 17.9 Å². The fraction of sp³-hybridized carbons (Fsp3) is 0.786. The van der Waals surface area contributed by atoms with Crippen LogP contribution in [0.1, 0.15) is 32.6 Å². The Balaban J connectivity index is 2.36. The van der Waals surface area contributed by atoms with Gasteiger partial charge in [0, 0.05) is 26.7 Å². The molecule has 0 saturated heterocycles. The molecule has 0 aromatic rings. The molecule has 0 aromatic heterocycles. The predicted molar refractivity (Wildman–Crippen MR) is 77.8 cm³/mol. The average molecular weight is 299 g/mol. The highest BCUT2D eigenvalue weighted by Gasteiger charge is 2.27. The van der Waals surface area contributed by atoms with E-state index >= 15 is 0 Å². The lowest BCUT2D eigenvalue weighted by atomic mass is 9.86. The molecule has 3 amide bonds. The third kappa shape index (κ3) is 5.24. The van der Waals surface area contributed by atoms with E-state index in [9.17, 15) is 14.4 Å². The quantitative estimate of drug-likeness (QED) is 0.694. The molecule has 1 saturated carbocycles. The first kappa shape index (κ1) is 17.3. The van der Waals surface area contributed by atoms with Crippen LogP contribution >= 0.6 is 0 Å². The lowest BCUT2D eigenvalue weighted by Gasteiger charge is -2.29. The largest absolute Gasteiger partial charge is 0.481 e.